The highest BCUT2D eigenvalue weighted by Crippen LogP contribution is 2.10. The lowest BCUT2D eigenvalue weighted by Gasteiger charge is -2.34. The number of nitrogens with zero attached hydrogens (tertiary/aromatic N) is 2. The van der Waals surface area contributed by atoms with E-state index in [1.807, 2.05) is 30.3 Å². The highest BCUT2D eigenvalue weighted by molar-refractivity contribution is 5.94. The molecule has 2 aromatic rings. The Morgan fingerprint density at radius 3 is 2.11 bits per heavy atom. The number of halogens is 1. The van der Waals surface area contributed by atoms with Gasteiger partial charge in [-0.15, -0.1) is 0 Å². The topological polar surface area (TPSA) is 69.7 Å². The van der Waals surface area contributed by atoms with Crippen LogP contribution >= 0.6 is 0 Å². The molecule has 2 aromatic carbocycles. The highest BCUT2D eigenvalue weighted by atomic mass is 19.1. The van der Waals surface area contributed by atoms with Crippen molar-refractivity contribution in [1.82, 2.24) is 15.1 Å². The molecule has 0 spiro atoms. The molecule has 0 unspecified atom stereocenters. The molecule has 1 aliphatic rings. The maximum absolute atomic E-state index is 13.0. The van der Waals surface area contributed by atoms with Crippen molar-refractivity contribution < 1.29 is 18.8 Å². The SMILES string of the molecule is O=C(Cc1ccccc1)NCC(=O)N1CCN(C(=O)c2ccc(F)cc2)CC1. The quantitative estimate of drug-likeness (QED) is 0.850. The lowest BCUT2D eigenvalue weighted by Crippen LogP contribution is -2.52. The zero-order chi connectivity index (χ0) is 19.9. The van der Waals surface area contributed by atoms with E-state index in [9.17, 15) is 18.8 Å². The molecular formula is C21H22FN3O3. The molecule has 0 aromatic heterocycles. The van der Waals surface area contributed by atoms with Gasteiger partial charge in [-0.1, -0.05) is 30.3 Å². The Bertz CT molecular complexity index is 832. The van der Waals surface area contributed by atoms with Crippen LogP contribution in [-0.4, -0.2) is 60.2 Å². The number of carbonyl (C=O) groups is 3. The number of amides is 3. The van der Waals surface area contributed by atoms with E-state index in [1.165, 1.54) is 24.3 Å². The van der Waals surface area contributed by atoms with Gasteiger partial charge in [0, 0.05) is 31.7 Å². The van der Waals surface area contributed by atoms with E-state index in [1.54, 1.807) is 9.80 Å². The number of hydrogen-bond acceptors (Lipinski definition) is 3. The first-order chi connectivity index (χ1) is 13.5. The molecule has 1 heterocycles. The standard InChI is InChI=1S/C21H22FN3O3/c22-18-8-6-17(7-9-18)21(28)25-12-10-24(11-13-25)20(27)15-23-19(26)14-16-4-2-1-3-5-16/h1-9H,10-15H2,(H,23,26). The van der Waals surface area contributed by atoms with Gasteiger partial charge in [-0.3, -0.25) is 14.4 Å². The number of piperazine rings is 1. The van der Waals surface area contributed by atoms with Gasteiger partial charge in [-0.05, 0) is 29.8 Å². The van der Waals surface area contributed by atoms with Gasteiger partial charge in [0.25, 0.3) is 5.91 Å². The molecule has 0 radical (unpaired) electrons. The first-order valence-corrected chi connectivity index (χ1v) is 9.16. The number of rotatable bonds is 5. The smallest absolute Gasteiger partial charge is 0.253 e. The average Bonchev–Trinajstić information content (AvgIpc) is 2.73. The summed E-state index contributed by atoms with van der Waals surface area (Å²) in [6.07, 6.45) is 0.230. The lowest BCUT2D eigenvalue weighted by atomic mass is 10.1. The summed E-state index contributed by atoms with van der Waals surface area (Å²) in [5, 5.41) is 2.65. The van der Waals surface area contributed by atoms with Gasteiger partial charge in [0.2, 0.25) is 11.8 Å². The van der Waals surface area contributed by atoms with Crippen molar-refractivity contribution >= 4 is 17.7 Å². The summed E-state index contributed by atoms with van der Waals surface area (Å²) in [5.74, 6) is -0.940. The van der Waals surface area contributed by atoms with E-state index in [0.29, 0.717) is 31.7 Å². The molecule has 3 rings (SSSR count). The molecule has 0 atom stereocenters. The van der Waals surface area contributed by atoms with Gasteiger partial charge in [0.05, 0.1) is 13.0 Å². The molecule has 6 nitrogen and oxygen atoms in total. The maximum Gasteiger partial charge on any atom is 0.253 e. The molecular weight excluding hydrogens is 361 g/mol. The summed E-state index contributed by atoms with van der Waals surface area (Å²) in [5.41, 5.74) is 1.31. The van der Waals surface area contributed by atoms with E-state index >= 15 is 0 Å². The minimum Gasteiger partial charge on any atom is -0.347 e. The van der Waals surface area contributed by atoms with Crippen LogP contribution in [0.1, 0.15) is 15.9 Å². The van der Waals surface area contributed by atoms with Crippen LogP contribution in [0.3, 0.4) is 0 Å². The van der Waals surface area contributed by atoms with E-state index in [2.05, 4.69) is 5.32 Å². The van der Waals surface area contributed by atoms with Crippen molar-refractivity contribution in [2.75, 3.05) is 32.7 Å². The van der Waals surface area contributed by atoms with Crippen LogP contribution in [0.2, 0.25) is 0 Å². The number of hydrogen-bond donors (Lipinski definition) is 1. The summed E-state index contributed by atoms with van der Waals surface area (Å²) in [6.45, 7) is 1.55. The third-order valence-electron chi connectivity index (χ3n) is 4.66. The van der Waals surface area contributed by atoms with E-state index in [4.69, 9.17) is 0 Å². The summed E-state index contributed by atoms with van der Waals surface area (Å²) in [6, 6.07) is 14.7. The number of carbonyl (C=O) groups excluding carboxylic acids is 3. The van der Waals surface area contributed by atoms with Crippen LogP contribution in [0.5, 0.6) is 0 Å². The molecule has 1 aliphatic heterocycles. The molecule has 146 valence electrons. The fraction of sp³-hybridized carbons (Fsp3) is 0.286. The largest absolute Gasteiger partial charge is 0.347 e. The minimum atomic E-state index is -0.388. The molecule has 1 N–H and O–H groups in total. The molecule has 1 saturated heterocycles. The maximum atomic E-state index is 13.0. The fourth-order valence-corrected chi connectivity index (χ4v) is 3.06. The van der Waals surface area contributed by atoms with Crippen LogP contribution in [0.4, 0.5) is 4.39 Å². The monoisotopic (exact) mass is 383 g/mol. The van der Waals surface area contributed by atoms with E-state index in [-0.39, 0.29) is 36.5 Å². The zero-order valence-corrected chi connectivity index (χ0v) is 15.4. The minimum absolute atomic E-state index is 0.0580. The normalized spacial score (nSPS) is 13.9. The Kier molecular flexibility index (Phi) is 6.37. The molecule has 28 heavy (non-hydrogen) atoms. The van der Waals surface area contributed by atoms with Crippen molar-refractivity contribution in [3.05, 3.63) is 71.5 Å². The number of nitrogens with one attached hydrogen (secondary N) is 1. The predicted molar refractivity (Wildman–Crippen MR) is 102 cm³/mol. The van der Waals surface area contributed by atoms with Crippen LogP contribution in [0, 0.1) is 5.82 Å². The molecule has 0 bridgehead atoms. The predicted octanol–water partition coefficient (Wildman–Crippen LogP) is 1.47. The summed E-state index contributed by atoms with van der Waals surface area (Å²) >= 11 is 0. The lowest BCUT2D eigenvalue weighted by molar-refractivity contribution is -0.133. The zero-order valence-electron chi connectivity index (χ0n) is 15.4. The van der Waals surface area contributed by atoms with E-state index < -0.39 is 0 Å². The second-order valence-electron chi connectivity index (χ2n) is 6.62. The molecule has 0 aliphatic carbocycles. The summed E-state index contributed by atoms with van der Waals surface area (Å²) < 4.78 is 13.0. The van der Waals surface area contributed by atoms with Crippen molar-refractivity contribution in [2.45, 2.75) is 6.42 Å². The third kappa shape index (κ3) is 5.16. The second kappa shape index (κ2) is 9.12. The second-order valence-corrected chi connectivity index (χ2v) is 6.62. The van der Waals surface area contributed by atoms with Gasteiger partial charge >= 0.3 is 0 Å². The summed E-state index contributed by atoms with van der Waals surface area (Å²) in [4.78, 5) is 40.0. The Balaban J connectivity index is 1.42. The van der Waals surface area contributed by atoms with Gasteiger partial charge in [-0.2, -0.15) is 0 Å². The fourth-order valence-electron chi connectivity index (χ4n) is 3.06. The van der Waals surface area contributed by atoms with E-state index in [0.717, 1.165) is 5.56 Å². The number of benzene rings is 2. The van der Waals surface area contributed by atoms with Crippen LogP contribution in [-0.2, 0) is 16.0 Å². The van der Waals surface area contributed by atoms with Crippen LogP contribution < -0.4 is 5.32 Å². The van der Waals surface area contributed by atoms with Gasteiger partial charge in [-0.25, -0.2) is 4.39 Å². The van der Waals surface area contributed by atoms with Crippen molar-refractivity contribution in [1.29, 1.82) is 0 Å². The third-order valence-corrected chi connectivity index (χ3v) is 4.66. The molecule has 1 fully saturated rings. The molecule has 0 saturated carbocycles. The molecule has 7 heteroatoms. The van der Waals surface area contributed by atoms with Crippen LogP contribution in [0.25, 0.3) is 0 Å². The Hall–Kier alpha value is -3.22. The van der Waals surface area contributed by atoms with Gasteiger partial charge in [0.15, 0.2) is 0 Å². The van der Waals surface area contributed by atoms with Crippen molar-refractivity contribution in [3.8, 4) is 0 Å². The average molecular weight is 383 g/mol. The Morgan fingerprint density at radius 2 is 1.46 bits per heavy atom. The van der Waals surface area contributed by atoms with Crippen molar-refractivity contribution in [2.24, 2.45) is 0 Å². The Morgan fingerprint density at radius 1 is 0.857 bits per heavy atom. The highest BCUT2D eigenvalue weighted by Gasteiger charge is 2.25. The van der Waals surface area contributed by atoms with Gasteiger partial charge < -0.3 is 15.1 Å². The first-order valence-electron chi connectivity index (χ1n) is 9.16. The Labute approximate surface area is 162 Å². The van der Waals surface area contributed by atoms with Crippen LogP contribution in [0.15, 0.2) is 54.6 Å². The molecule has 3 amide bonds. The first kappa shape index (κ1) is 19.5. The van der Waals surface area contributed by atoms with Gasteiger partial charge in [0.1, 0.15) is 5.82 Å². The van der Waals surface area contributed by atoms with Crippen molar-refractivity contribution in [3.63, 3.8) is 0 Å². The summed E-state index contributed by atoms with van der Waals surface area (Å²) in [7, 11) is 0.